The van der Waals surface area contributed by atoms with Crippen LogP contribution in [0.1, 0.15) is 38.0 Å². The molecule has 1 N–H and O–H groups in total. The number of benzene rings is 2. The molecule has 0 unspecified atom stereocenters. The molecule has 1 atom stereocenters. The largest absolute Gasteiger partial charge is 0.451 e. The van der Waals surface area contributed by atoms with Crippen molar-refractivity contribution in [1.82, 2.24) is 5.32 Å². The molecule has 0 spiro atoms. The lowest BCUT2D eigenvalue weighted by Gasteiger charge is -2.25. The van der Waals surface area contributed by atoms with Crippen LogP contribution in [0.15, 0.2) is 60.7 Å². The van der Waals surface area contributed by atoms with Gasteiger partial charge in [0.05, 0.1) is 0 Å². The summed E-state index contributed by atoms with van der Waals surface area (Å²) in [5.74, 6) is -0.809. The predicted octanol–water partition coefficient (Wildman–Crippen LogP) is 4.59. The van der Waals surface area contributed by atoms with Crippen LogP contribution in [0.5, 0.6) is 0 Å². The molecule has 0 aromatic heterocycles. The number of ether oxygens (including phenoxy) is 3. The topological polar surface area (TPSA) is 90.9 Å². The number of carbonyl (C=O) groups is 3. The molecular weight excluding hydrogens is 410 g/mol. The molecule has 1 amide bonds. The number of hydrogen-bond donors (Lipinski definition) is 1. The molecule has 0 aliphatic rings. The normalized spacial score (nSPS) is 12.0. The molecule has 8 heteroatoms. The lowest BCUT2D eigenvalue weighted by Crippen LogP contribution is -2.47. The van der Waals surface area contributed by atoms with Crippen molar-refractivity contribution in [2.75, 3.05) is 6.61 Å². The summed E-state index contributed by atoms with van der Waals surface area (Å²) >= 11 is 5.21. The number of hydrogen-bond acceptors (Lipinski definition) is 6. The van der Waals surface area contributed by atoms with E-state index in [1.54, 1.807) is 20.8 Å². The van der Waals surface area contributed by atoms with Gasteiger partial charge in [-0.15, -0.1) is 0 Å². The van der Waals surface area contributed by atoms with Gasteiger partial charge in [-0.1, -0.05) is 60.7 Å². The first kappa shape index (κ1) is 23.2. The van der Waals surface area contributed by atoms with Gasteiger partial charge in [0.25, 0.3) is 0 Å². The predicted molar refractivity (Wildman–Crippen MR) is 111 cm³/mol. The number of nitrogens with one attached hydrogen (secondary N) is 1. The highest BCUT2D eigenvalue weighted by molar-refractivity contribution is 6.61. The van der Waals surface area contributed by atoms with Crippen LogP contribution < -0.4 is 5.32 Å². The second-order valence-electron chi connectivity index (χ2n) is 7.39. The molecule has 0 heterocycles. The molecule has 7 nitrogen and oxygen atoms in total. The summed E-state index contributed by atoms with van der Waals surface area (Å²) in [7, 11) is 0. The Hall–Kier alpha value is -3.06. The summed E-state index contributed by atoms with van der Waals surface area (Å²) in [6, 6.07) is 17.0. The fourth-order valence-corrected chi connectivity index (χ4v) is 2.61. The van der Waals surface area contributed by atoms with Gasteiger partial charge in [0, 0.05) is 11.6 Å². The smallest absolute Gasteiger partial charge is 0.408 e. The van der Waals surface area contributed by atoms with Gasteiger partial charge in [0.15, 0.2) is 12.1 Å². The van der Waals surface area contributed by atoms with Crippen LogP contribution in [-0.2, 0) is 19.0 Å². The molecule has 2 aromatic rings. The summed E-state index contributed by atoms with van der Waals surface area (Å²) < 4.78 is 15.6. The summed E-state index contributed by atoms with van der Waals surface area (Å²) in [4.78, 5) is 36.0. The first-order valence-corrected chi connectivity index (χ1v) is 9.65. The van der Waals surface area contributed by atoms with E-state index in [1.807, 2.05) is 60.7 Å². The highest BCUT2D eigenvalue weighted by Crippen LogP contribution is 2.26. The lowest BCUT2D eigenvalue weighted by molar-refractivity contribution is -0.151. The number of alkyl carbamates (subject to hydrolysis) is 1. The first-order chi connectivity index (χ1) is 14.2. The van der Waals surface area contributed by atoms with E-state index in [-0.39, 0.29) is 0 Å². The fourth-order valence-electron chi connectivity index (χ4n) is 2.55. The molecule has 0 saturated heterocycles. The third-order valence-electron chi connectivity index (χ3n) is 3.78. The Kier molecular flexibility index (Phi) is 8.24. The van der Waals surface area contributed by atoms with E-state index in [0.717, 1.165) is 11.1 Å². The zero-order valence-electron chi connectivity index (χ0n) is 17.0. The summed E-state index contributed by atoms with van der Waals surface area (Å²) in [6.07, 6.45) is -1.58. The van der Waals surface area contributed by atoms with Crippen molar-refractivity contribution < 1.29 is 28.6 Å². The molecule has 0 aliphatic carbocycles. The zero-order valence-corrected chi connectivity index (χ0v) is 17.7. The number of carbonyl (C=O) groups excluding carboxylic acids is 3. The molecule has 30 heavy (non-hydrogen) atoms. The molecule has 0 radical (unpaired) electrons. The van der Waals surface area contributed by atoms with E-state index in [4.69, 9.17) is 25.8 Å². The van der Waals surface area contributed by atoms with Crippen LogP contribution in [0.4, 0.5) is 9.59 Å². The zero-order chi connectivity index (χ0) is 22.1. The lowest BCUT2D eigenvalue weighted by atomic mass is 10.0. The number of halogens is 1. The molecular formula is C22H24ClNO6. The third kappa shape index (κ3) is 7.75. The van der Waals surface area contributed by atoms with Crippen molar-refractivity contribution in [3.8, 4) is 0 Å². The number of rotatable bonds is 7. The average molecular weight is 434 g/mol. The summed E-state index contributed by atoms with van der Waals surface area (Å²) in [5.41, 5.74) is -0.413. The van der Waals surface area contributed by atoms with E-state index >= 15 is 0 Å². The Labute approximate surface area is 180 Å². The van der Waals surface area contributed by atoms with Crippen molar-refractivity contribution in [1.29, 1.82) is 0 Å². The number of amides is 1. The molecule has 2 aromatic carbocycles. The van der Waals surface area contributed by atoms with E-state index in [1.165, 1.54) is 0 Å². The highest BCUT2D eigenvalue weighted by Gasteiger charge is 2.30. The van der Waals surface area contributed by atoms with Gasteiger partial charge in [-0.2, -0.15) is 0 Å². The van der Waals surface area contributed by atoms with Crippen LogP contribution in [0.25, 0.3) is 0 Å². The van der Waals surface area contributed by atoms with Gasteiger partial charge in [0.1, 0.15) is 12.2 Å². The second kappa shape index (κ2) is 10.6. The standard InChI is InChI=1S/C22H24ClNO6/c1-22(2,3)30-21(27)24-17(14-28-20(23)26)19(25)29-18(15-10-6-4-7-11-15)16-12-8-5-9-13-16/h4-13,17-18H,14H2,1-3H3,(H,24,27)/t17-/m1/s1. The molecule has 0 bridgehead atoms. The van der Waals surface area contributed by atoms with Crippen molar-refractivity contribution in [2.24, 2.45) is 0 Å². The highest BCUT2D eigenvalue weighted by atomic mass is 35.5. The second-order valence-corrected chi connectivity index (χ2v) is 7.69. The minimum atomic E-state index is -1.31. The van der Waals surface area contributed by atoms with Crippen molar-refractivity contribution in [2.45, 2.75) is 38.5 Å². The summed E-state index contributed by atoms with van der Waals surface area (Å²) in [6.45, 7) is 4.54. The van der Waals surface area contributed by atoms with Gasteiger partial charge < -0.3 is 19.5 Å². The minimum Gasteiger partial charge on any atom is -0.451 e. The van der Waals surface area contributed by atoms with Crippen molar-refractivity contribution in [3.63, 3.8) is 0 Å². The molecule has 160 valence electrons. The van der Waals surface area contributed by atoms with Crippen molar-refractivity contribution >= 4 is 29.1 Å². The van der Waals surface area contributed by atoms with Gasteiger partial charge >= 0.3 is 17.5 Å². The third-order valence-corrected chi connectivity index (χ3v) is 3.89. The van der Waals surface area contributed by atoms with E-state index < -0.39 is 41.8 Å². The van der Waals surface area contributed by atoms with Crippen LogP contribution in [0.2, 0.25) is 0 Å². The quantitative estimate of drug-likeness (QED) is 0.390. The maximum Gasteiger partial charge on any atom is 0.408 e. The molecule has 0 fully saturated rings. The fraction of sp³-hybridized carbons (Fsp3) is 0.318. The Morgan fingerprint density at radius 2 is 1.43 bits per heavy atom. The maximum atomic E-state index is 12.9. The maximum absolute atomic E-state index is 12.9. The van der Waals surface area contributed by atoms with E-state index in [0.29, 0.717) is 0 Å². The van der Waals surface area contributed by atoms with Crippen LogP contribution in [-0.4, -0.2) is 35.7 Å². The molecule has 0 saturated carbocycles. The Morgan fingerprint density at radius 3 is 1.87 bits per heavy atom. The number of esters is 1. The average Bonchev–Trinajstić information content (AvgIpc) is 2.69. The Bertz CT molecular complexity index is 811. The Balaban J connectivity index is 2.23. The first-order valence-electron chi connectivity index (χ1n) is 9.28. The van der Waals surface area contributed by atoms with Gasteiger partial charge in [-0.25, -0.2) is 14.4 Å². The van der Waals surface area contributed by atoms with E-state index in [9.17, 15) is 14.4 Å². The molecule has 2 rings (SSSR count). The summed E-state index contributed by atoms with van der Waals surface area (Å²) in [5, 5.41) is 2.37. The van der Waals surface area contributed by atoms with E-state index in [2.05, 4.69) is 5.32 Å². The Morgan fingerprint density at radius 1 is 0.933 bits per heavy atom. The van der Waals surface area contributed by atoms with Crippen LogP contribution >= 0.6 is 11.6 Å². The SMILES string of the molecule is CC(C)(C)OC(=O)N[C@H](COC(=O)Cl)C(=O)OC(c1ccccc1)c1ccccc1. The van der Waals surface area contributed by atoms with Crippen LogP contribution in [0, 0.1) is 0 Å². The minimum absolute atomic E-state index is 0.503. The monoisotopic (exact) mass is 433 g/mol. The van der Waals surface area contributed by atoms with Crippen LogP contribution in [0.3, 0.4) is 0 Å². The van der Waals surface area contributed by atoms with Crippen molar-refractivity contribution in [3.05, 3.63) is 71.8 Å². The van der Waals surface area contributed by atoms with Gasteiger partial charge in [0.2, 0.25) is 0 Å². The van der Waals surface area contributed by atoms with Gasteiger partial charge in [-0.05, 0) is 31.9 Å². The molecule has 0 aliphatic heterocycles. The van der Waals surface area contributed by atoms with Gasteiger partial charge in [-0.3, -0.25) is 0 Å².